The van der Waals surface area contributed by atoms with Crippen molar-refractivity contribution in [3.63, 3.8) is 0 Å². The molecular weight excluding hydrogens is 394 g/mol. The third-order valence-corrected chi connectivity index (χ3v) is 6.37. The molecule has 1 aliphatic heterocycles. The first kappa shape index (κ1) is 19.5. The van der Waals surface area contributed by atoms with E-state index in [1.54, 1.807) is 0 Å². The van der Waals surface area contributed by atoms with Gasteiger partial charge in [0.1, 0.15) is 5.65 Å². The smallest absolute Gasteiger partial charge is 0.276 e. The Morgan fingerprint density at radius 1 is 1.10 bits per heavy atom. The number of aryl methyl sites for hydroxylation is 1. The topological polar surface area (TPSA) is 102 Å². The highest BCUT2D eigenvalue weighted by Gasteiger charge is 2.37. The highest BCUT2D eigenvalue weighted by molar-refractivity contribution is 5.92. The summed E-state index contributed by atoms with van der Waals surface area (Å²) in [7, 11) is 0. The first-order chi connectivity index (χ1) is 15.1. The van der Waals surface area contributed by atoms with Crippen LogP contribution in [0.1, 0.15) is 48.3 Å². The van der Waals surface area contributed by atoms with Crippen LogP contribution in [-0.4, -0.2) is 36.9 Å². The summed E-state index contributed by atoms with van der Waals surface area (Å²) < 4.78 is 3.77. The molecule has 8 heteroatoms. The minimum Gasteiger partial charge on any atom is -0.503 e. The zero-order valence-electron chi connectivity index (χ0n) is 17.3. The van der Waals surface area contributed by atoms with Crippen molar-refractivity contribution >= 4 is 16.9 Å². The fourth-order valence-electron chi connectivity index (χ4n) is 4.80. The van der Waals surface area contributed by atoms with Gasteiger partial charge in [-0.25, -0.2) is 4.98 Å². The number of nitrogens with one attached hydrogen (secondary N) is 1. The van der Waals surface area contributed by atoms with Crippen LogP contribution in [0.25, 0.3) is 11.0 Å². The fraction of sp³-hybridized carbons (Fsp3) is 0.391. The Morgan fingerprint density at radius 3 is 2.77 bits per heavy atom. The van der Waals surface area contributed by atoms with Gasteiger partial charge in [-0.15, -0.1) is 0 Å². The number of aromatic hydroxyl groups is 1. The summed E-state index contributed by atoms with van der Waals surface area (Å²) in [5.74, 6) is -1.05. The Balaban J connectivity index is 1.68. The van der Waals surface area contributed by atoms with Gasteiger partial charge in [-0.05, 0) is 43.9 Å². The Hall–Kier alpha value is -3.42. The monoisotopic (exact) mass is 419 g/mol. The van der Waals surface area contributed by atoms with Gasteiger partial charge in [-0.1, -0.05) is 25.0 Å². The minimum absolute atomic E-state index is 0.285. The molecule has 3 aromatic heterocycles. The van der Waals surface area contributed by atoms with E-state index in [-0.39, 0.29) is 17.8 Å². The van der Waals surface area contributed by atoms with Crippen LogP contribution >= 0.6 is 0 Å². The third-order valence-electron chi connectivity index (χ3n) is 6.37. The largest absolute Gasteiger partial charge is 0.503 e. The van der Waals surface area contributed by atoms with Crippen LogP contribution in [0.2, 0.25) is 0 Å². The lowest BCUT2D eigenvalue weighted by Gasteiger charge is -2.32. The normalized spacial score (nSPS) is 19.7. The number of hydrogen-bond acceptors (Lipinski definition) is 5. The maximum absolute atomic E-state index is 12.6. The van der Waals surface area contributed by atoms with Crippen molar-refractivity contribution in [3.05, 3.63) is 64.4 Å². The molecule has 0 saturated heterocycles. The highest BCUT2D eigenvalue weighted by atomic mass is 16.3. The zero-order valence-corrected chi connectivity index (χ0v) is 17.3. The summed E-state index contributed by atoms with van der Waals surface area (Å²) in [4.78, 5) is 29.9. The van der Waals surface area contributed by atoms with E-state index in [4.69, 9.17) is 4.98 Å². The molecular formula is C23H25N5O3. The predicted molar refractivity (Wildman–Crippen MR) is 116 cm³/mol. The second-order valence-corrected chi connectivity index (χ2v) is 8.44. The number of rotatable bonds is 0. The van der Waals surface area contributed by atoms with E-state index in [2.05, 4.69) is 39.4 Å². The standard InChI is InChI=1S/C23H25N5O3/c29-18-14-27-15-23(10-3-4-11-23)28-13-9-16-7-8-17(25-21(16)28)6-2-1-5-12-24-22(31)19(26-27)20(18)30/h1,5,7-9,13-14,29H,2-4,6,10-12,15H2,(H,24,31)/b5-1+. The van der Waals surface area contributed by atoms with Crippen molar-refractivity contribution < 1.29 is 9.90 Å². The molecule has 8 nitrogen and oxygen atoms in total. The minimum atomic E-state index is -0.753. The molecule has 1 amide bonds. The summed E-state index contributed by atoms with van der Waals surface area (Å²) in [6, 6.07) is 6.27. The summed E-state index contributed by atoms with van der Waals surface area (Å²) in [6.45, 7) is 0.728. The molecule has 2 N–H and O–H groups in total. The average Bonchev–Trinajstić information content (AvgIpc) is 3.39. The van der Waals surface area contributed by atoms with Crippen molar-refractivity contribution in [2.75, 3.05) is 6.54 Å². The lowest BCUT2D eigenvalue weighted by molar-refractivity contribution is 0.0947. The molecule has 1 spiro atoms. The van der Waals surface area contributed by atoms with Gasteiger partial charge in [0, 0.05) is 23.8 Å². The van der Waals surface area contributed by atoms with Crippen LogP contribution in [0.15, 0.2) is 47.5 Å². The maximum atomic E-state index is 12.6. The highest BCUT2D eigenvalue weighted by Crippen LogP contribution is 2.40. The molecule has 160 valence electrons. The molecule has 2 aliphatic rings. The number of aromatic nitrogens is 4. The van der Waals surface area contributed by atoms with Crippen LogP contribution in [0.3, 0.4) is 0 Å². The summed E-state index contributed by atoms with van der Waals surface area (Å²) in [6.07, 6.45) is 12.9. The lowest BCUT2D eigenvalue weighted by atomic mass is 9.97. The number of hydrogen-bond donors (Lipinski definition) is 2. The van der Waals surface area contributed by atoms with E-state index in [0.717, 1.165) is 55.3 Å². The number of pyridine rings is 1. The number of carbonyl (C=O) groups is 1. The van der Waals surface area contributed by atoms with Crippen LogP contribution in [0.5, 0.6) is 5.75 Å². The van der Waals surface area contributed by atoms with Gasteiger partial charge < -0.3 is 15.0 Å². The van der Waals surface area contributed by atoms with E-state index in [0.29, 0.717) is 6.54 Å². The van der Waals surface area contributed by atoms with Gasteiger partial charge in [0.25, 0.3) is 11.3 Å². The number of nitrogens with zero attached hydrogens (tertiary/aromatic N) is 4. The Morgan fingerprint density at radius 2 is 1.94 bits per heavy atom. The second-order valence-electron chi connectivity index (χ2n) is 8.44. The molecule has 1 saturated carbocycles. The predicted octanol–water partition coefficient (Wildman–Crippen LogP) is 2.50. The number of fused-ring (bicyclic) bond motifs is 4. The van der Waals surface area contributed by atoms with E-state index < -0.39 is 17.1 Å². The van der Waals surface area contributed by atoms with Crippen molar-refractivity contribution in [1.82, 2.24) is 24.6 Å². The van der Waals surface area contributed by atoms with Crippen LogP contribution in [0.4, 0.5) is 0 Å². The van der Waals surface area contributed by atoms with E-state index >= 15 is 0 Å². The number of carbonyl (C=O) groups excluding carboxylic acids is 1. The van der Waals surface area contributed by atoms with E-state index in [9.17, 15) is 14.7 Å². The summed E-state index contributed by atoms with van der Waals surface area (Å²) in [5, 5.41) is 18.3. The number of amides is 1. The van der Waals surface area contributed by atoms with E-state index in [1.165, 1.54) is 10.9 Å². The van der Waals surface area contributed by atoms with Gasteiger partial charge in [0.15, 0.2) is 11.4 Å². The van der Waals surface area contributed by atoms with Crippen molar-refractivity contribution in [3.8, 4) is 5.75 Å². The van der Waals surface area contributed by atoms with Crippen LogP contribution in [-0.2, 0) is 18.5 Å². The summed E-state index contributed by atoms with van der Waals surface area (Å²) >= 11 is 0. The molecule has 31 heavy (non-hydrogen) atoms. The molecule has 0 unspecified atom stereocenters. The Bertz CT molecular complexity index is 1230. The van der Waals surface area contributed by atoms with Crippen LogP contribution < -0.4 is 10.7 Å². The van der Waals surface area contributed by atoms with E-state index in [1.807, 2.05) is 12.2 Å². The van der Waals surface area contributed by atoms with Crippen molar-refractivity contribution in [2.45, 2.75) is 50.6 Å². The lowest BCUT2D eigenvalue weighted by Crippen LogP contribution is -2.38. The first-order valence-electron chi connectivity index (χ1n) is 10.8. The molecule has 5 rings (SSSR count). The van der Waals surface area contributed by atoms with Gasteiger partial charge in [-0.2, -0.15) is 5.10 Å². The maximum Gasteiger partial charge on any atom is 0.276 e. The van der Waals surface area contributed by atoms with Crippen molar-refractivity contribution in [2.24, 2.45) is 0 Å². The molecule has 4 bridgehead atoms. The Labute approximate surface area is 179 Å². The van der Waals surface area contributed by atoms with Crippen LogP contribution in [0, 0.1) is 0 Å². The fourth-order valence-corrected chi connectivity index (χ4v) is 4.80. The molecule has 0 aromatic carbocycles. The van der Waals surface area contributed by atoms with Gasteiger partial charge in [-0.3, -0.25) is 14.3 Å². The molecule has 0 radical (unpaired) electrons. The molecule has 1 fully saturated rings. The quantitative estimate of drug-likeness (QED) is 0.545. The molecule has 1 aliphatic carbocycles. The first-order valence-corrected chi connectivity index (χ1v) is 10.8. The average molecular weight is 419 g/mol. The SMILES string of the molecule is O=C1NC/C=C/CCc2ccc3ccn(c3n2)C2(CCCC2)Cn2cc(O)c(=O)c1n2. The molecule has 0 atom stereocenters. The summed E-state index contributed by atoms with van der Waals surface area (Å²) in [5.41, 5.74) is 0.650. The zero-order chi connectivity index (χ0) is 21.4. The van der Waals surface area contributed by atoms with Gasteiger partial charge in [0.05, 0.1) is 18.3 Å². The molecule has 4 heterocycles. The molecule has 3 aromatic rings. The third kappa shape index (κ3) is 3.52. The van der Waals surface area contributed by atoms with Crippen molar-refractivity contribution in [1.29, 1.82) is 0 Å². The van der Waals surface area contributed by atoms with Gasteiger partial charge >= 0.3 is 0 Å². The number of allylic oxidation sites excluding steroid dienone is 1. The van der Waals surface area contributed by atoms with Gasteiger partial charge in [0.2, 0.25) is 0 Å². The second kappa shape index (κ2) is 7.68. The Kier molecular flexibility index (Phi) is 4.84.